The van der Waals surface area contributed by atoms with E-state index in [1.165, 1.54) is 6.26 Å². The zero-order chi connectivity index (χ0) is 11.6. The summed E-state index contributed by atoms with van der Waals surface area (Å²) in [5, 5.41) is 12.6. The molecule has 2 rings (SSSR count). The number of furan rings is 1. The van der Waals surface area contributed by atoms with Crippen LogP contribution in [0.2, 0.25) is 0 Å². The molecule has 1 aliphatic rings. The van der Waals surface area contributed by atoms with Crippen LogP contribution in [0.5, 0.6) is 0 Å². The summed E-state index contributed by atoms with van der Waals surface area (Å²) in [6.07, 6.45) is 2.02. The normalized spacial score (nSPS) is 24.6. The van der Waals surface area contributed by atoms with Gasteiger partial charge in [0, 0.05) is 25.1 Å². The van der Waals surface area contributed by atoms with Gasteiger partial charge in [0.15, 0.2) is 5.76 Å². The van der Waals surface area contributed by atoms with Crippen LogP contribution in [-0.4, -0.2) is 36.4 Å². The van der Waals surface area contributed by atoms with Crippen LogP contribution in [-0.2, 0) is 4.74 Å². The Bertz CT molecular complexity index is 379. The summed E-state index contributed by atoms with van der Waals surface area (Å²) < 4.78 is 10.1. The van der Waals surface area contributed by atoms with Crippen molar-refractivity contribution in [1.29, 1.82) is 0 Å². The summed E-state index contributed by atoms with van der Waals surface area (Å²) in [6.45, 7) is 2.79. The molecule has 5 nitrogen and oxygen atoms in total. The van der Waals surface area contributed by atoms with Gasteiger partial charge in [-0.1, -0.05) is 0 Å². The summed E-state index contributed by atoms with van der Waals surface area (Å²) in [5.74, 6) is -0.00894. The summed E-state index contributed by atoms with van der Waals surface area (Å²) >= 11 is 0. The molecule has 1 aromatic rings. The number of hydrogen-bond donors (Lipinski definition) is 2. The number of hydrogen-bond acceptors (Lipinski definition) is 4. The molecule has 5 heteroatoms. The molecule has 88 valence electrons. The molecule has 1 amide bonds. The van der Waals surface area contributed by atoms with Gasteiger partial charge in [-0.3, -0.25) is 4.79 Å². The first-order valence-corrected chi connectivity index (χ1v) is 5.23. The topological polar surface area (TPSA) is 71.7 Å². The van der Waals surface area contributed by atoms with Crippen molar-refractivity contribution in [3.05, 3.63) is 23.7 Å². The smallest absolute Gasteiger partial charge is 0.287 e. The van der Waals surface area contributed by atoms with E-state index in [0.717, 1.165) is 5.56 Å². The molecule has 2 N–H and O–H groups in total. The van der Waals surface area contributed by atoms with Crippen molar-refractivity contribution < 1.29 is 19.1 Å². The fourth-order valence-corrected chi connectivity index (χ4v) is 1.67. The highest BCUT2D eigenvalue weighted by molar-refractivity contribution is 5.92. The van der Waals surface area contributed by atoms with Gasteiger partial charge in [-0.25, -0.2) is 0 Å². The molecule has 1 fully saturated rings. The molecule has 0 bridgehead atoms. The number of aryl methyl sites for hydroxylation is 1. The van der Waals surface area contributed by atoms with Crippen LogP contribution in [0.1, 0.15) is 22.5 Å². The Hall–Kier alpha value is -1.33. The number of rotatable bonds is 3. The lowest BCUT2D eigenvalue weighted by molar-refractivity contribution is 0.0261. The Morgan fingerprint density at radius 3 is 3.06 bits per heavy atom. The monoisotopic (exact) mass is 225 g/mol. The largest absolute Gasteiger partial charge is 0.459 e. The third-order valence-corrected chi connectivity index (χ3v) is 2.73. The van der Waals surface area contributed by atoms with Crippen LogP contribution in [0.15, 0.2) is 16.7 Å². The number of carbonyl (C=O) groups excluding carboxylic acids is 1. The maximum Gasteiger partial charge on any atom is 0.287 e. The lowest BCUT2D eigenvalue weighted by atomic mass is 10.0. The van der Waals surface area contributed by atoms with E-state index < -0.39 is 5.60 Å². The van der Waals surface area contributed by atoms with Gasteiger partial charge in [0.25, 0.3) is 5.91 Å². The summed E-state index contributed by atoms with van der Waals surface area (Å²) in [7, 11) is 0. The molecular formula is C11H15NO4. The Morgan fingerprint density at radius 2 is 2.50 bits per heavy atom. The summed E-state index contributed by atoms with van der Waals surface area (Å²) in [5.41, 5.74) is -0.150. The minimum Gasteiger partial charge on any atom is -0.459 e. The van der Waals surface area contributed by atoms with E-state index in [-0.39, 0.29) is 19.1 Å². The van der Waals surface area contributed by atoms with Gasteiger partial charge in [0.2, 0.25) is 0 Å². The Kier molecular flexibility index (Phi) is 2.98. The van der Waals surface area contributed by atoms with Crippen LogP contribution in [0.4, 0.5) is 0 Å². The summed E-state index contributed by atoms with van der Waals surface area (Å²) in [6, 6.07) is 1.72. The average Bonchev–Trinajstić information content (AvgIpc) is 2.85. The van der Waals surface area contributed by atoms with Crippen LogP contribution < -0.4 is 5.32 Å². The first-order valence-electron chi connectivity index (χ1n) is 5.23. The molecule has 1 aliphatic heterocycles. The molecule has 0 unspecified atom stereocenters. The Morgan fingerprint density at radius 1 is 1.69 bits per heavy atom. The van der Waals surface area contributed by atoms with Crippen molar-refractivity contribution >= 4 is 5.91 Å². The van der Waals surface area contributed by atoms with E-state index in [4.69, 9.17) is 9.15 Å². The molecule has 2 heterocycles. The highest BCUT2D eigenvalue weighted by Gasteiger charge is 2.32. The maximum absolute atomic E-state index is 11.7. The number of carbonyl (C=O) groups is 1. The maximum atomic E-state index is 11.7. The lowest BCUT2D eigenvalue weighted by Gasteiger charge is -2.20. The van der Waals surface area contributed by atoms with E-state index in [9.17, 15) is 9.90 Å². The van der Waals surface area contributed by atoms with Gasteiger partial charge in [-0.2, -0.15) is 0 Å². The van der Waals surface area contributed by atoms with Gasteiger partial charge in [0.1, 0.15) is 5.60 Å². The molecule has 0 saturated carbocycles. The van der Waals surface area contributed by atoms with E-state index in [0.29, 0.717) is 18.8 Å². The van der Waals surface area contributed by atoms with E-state index in [2.05, 4.69) is 5.32 Å². The molecule has 16 heavy (non-hydrogen) atoms. The van der Waals surface area contributed by atoms with Gasteiger partial charge < -0.3 is 19.6 Å². The van der Waals surface area contributed by atoms with Crippen LogP contribution in [0.25, 0.3) is 0 Å². The van der Waals surface area contributed by atoms with Crippen molar-refractivity contribution in [2.24, 2.45) is 0 Å². The number of nitrogens with one attached hydrogen (secondary N) is 1. The van der Waals surface area contributed by atoms with Crippen molar-refractivity contribution in [1.82, 2.24) is 5.32 Å². The second-order valence-electron chi connectivity index (χ2n) is 4.14. The number of amides is 1. The van der Waals surface area contributed by atoms with E-state index >= 15 is 0 Å². The molecule has 1 aromatic heterocycles. The predicted molar refractivity (Wildman–Crippen MR) is 56.2 cm³/mol. The van der Waals surface area contributed by atoms with Gasteiger partial charge in [-0.05, 0) is 13.0 Å². The van der Waals surface area contributed by atoms with Crippen LogP contribution >= 0.6 is 0 Å². The third-order valence-electron chi connectivity index (χ3n) is 2.73. The van der Waals surface area contributed by atoms with Crippen LogP contribution in [0.3, 0.4) is 0 Å². The fourth-order valence-electron chi connectivity index (χ4n) is 1.67. The van der Waals surface area contributed by atoms with Crippen molar-refractivity contribution in [2.45, 2.75) is 18.9 Å². The molecule has 0 aliphatic carbocycles. The lowest BCUT2D eigenvalue weighted by Crippen LogP contribution is -2.43. The van der Waals surface area contributed by atoms with Gasteiger partial charge in [-0.15, -0.1) is 0 Å². The minimum absolute atomic E-state index is 0.186. The quantitative estimate of drug-likeness (QED) is 0.784. The summed E-state index contributed by atoms with van der Waals surface area (Å²) in [4.78, 5) is 11.7. The van der Waals surface area contributed by atoms with E-state index in [1.807, 2.05) is 0 Å². The van der Waals surface area contributed by atoms with Crippen molar-refractivity contribution in [3.8, 4) is 0 Å². The second-order valence-corrected chi connectivity index (χ2v) is 4.14. The standard InChI is InChI=1S/C11H15NO4/c1-8-2-4-16-9(8)10(13)12-6-11(14)3-5-15-7-11/h2,4,14H,3,5-7H2,1H3,(H,12,13)/t11-/m1/s1. The second kappa shape index (κ2) is 4.27. The first kappa shape index (κ1) is 11.2. The zero-order valence-corrected chi connectivity index (χ0v) is 9.16. The molecule has 0 radical (unpaired) electrons. The van der Waals surface area contributed by atoms with E-state index in [1.54, 1.807) is 13.0 Å². The first-order chi connectivity index (χ1) is 7.61. The fraction of sp³-hybridized carbons (Fsp3) is 0.545. The Balaban J connectivity index is 1.91. The van der Waals surface area contributed by atoms with Crippen molar-refractivity contribution in [2.75, 3.05) is 19.8 Å². The highest BCUT2D eigenvalue weighted by atomic mass is 16.5. The minimum atomic E-state index is -0.934. The molecule has 1 atom stereocenters. The molecular weight excluding hydrogens is 210 g/mol. The van der Waals surface area contributed by atoms with Gasteiger partial charge >= 0.3 is 0 Å². The number of ether oxygens (including phenoxy) is 1. The molecule has 1 saturated heterocycles. The Labute approximate surface area is 93.4 Å². The molecule has 0 aromatic carbocycles. The number of aliphatic hydroxyl groups is 1. The highest BCUT2D eigenvalue weighted by Crippen LogP contribution is 2.17. The SMILES string of the molecule is Cc1ccoc1C(=O)NC[C@]1(O)CCOC1. The van der Waals surface area contributed by atoms with Gasteiger partial charge in [0.05, 0.1) is 12.9 Å². The average molecular weight is 225 g/mol. The predicted octanol–water partition coefficient (Wildman–Crippen LogP) is 0.469. The molecule has 0 spiro atoms. The zero-order valence-electron chi connectivity index (χ0n) is 9.16. The third kappa shape index (κ3) is 2.25. The van der Waals surface area contributed by atoms with Crippen molar-refractivity contribution in [3.63, 3.8) is 0 Å². The van der Waals surface area contributed by atoms with Crippen LogP contribution in [0, 0.1) is 6.92 Å².